The Morgan fingerprint density at radius 1 is 0.821 bits per heavy atom. The molecule has 2 aromatic rings. The van der Waals surface area contributed by atoms with Crippen LogP contribution >= 0.6 is 0 Å². The summed E-state index contributed by atoms with van der Waals surface area (Å²) >= 11 is 0. The van der Waals surface area contributed by atoms with Crippen molar-refractivity contribution in [3.05, 3.63) is 57.6 Å². The number of hydrogen-bond acceptors (Lipinski definition) is 3. The molecule has 0 aliphatic rings. The van der Waals surface area contributed by atoms with E-state index in [0.717, 1.165) is 11.1 Å². The normalized spacial score (nSPS) is 13.5. The first-order chi connectivity index (χ1) is 12.7. The molecule has 8 heteroatoms. The highest BCUT2D eigenvalue weighted by Gasteiger charge is 2.45. The number of benzene rings is 2. The van der Waals surface area contributed by atoms with E-state index in [-0.39, 0.29) is 10.6 Å². The summed E-state index contributed by atoms with van der Waals surface area (Å²) in [6.07, 6.45) is -7.65. The molecule has 1 atom stereocenters. The Labute approximate surface area is 163 Å². The van der Waals surface area contributed by atoms with Gasteiger partial charge >= 0.3 is 6.18 Å². The van der Waals surface area contributed by atoms with Gasteiger partial charge in [0.05, 0.1) is 4.90 Å². The topological polar surface area (TPSA) is 55.4 Å². The molecule has 0 aliphatic carbocycles. The second-order valence-corrected chi connectivity index (χ2v) is 8.77. The second-order valence-electron chi connectivity index (χ2n) is 7.12. The zero-order chi connectivity index (χ0) is 21.4. The highest BCUT2D eigenvalue weighted by Crippen LogP contribution is 2.31. The standard InChI is InChI=1S/C20H24F3NO3S/c1-11-7-13(3)17(14(4)8-11)27-19(20(21,22)23)24-28(25,26)18-15(5)9-12(2)10-16(18)6/h7-10,19,24H,1-6H3. The van der Waals surface area contributed by atoms with Gasteiger partial charge in [0.15, 0.2) is 0 Å². The van der Waals surface area contributed by atoms with Crippen LogP contribution in [0, 0.1) is 41.5 Å². The molecule has 0 radical (unpaired) electrons. The van der Waals surface area contributed by atoms with Crippen LogP contribution < -0.4 is 9.46 Å². The number of ether oxygens (including phenoxy) is 1. The summed E-state index contributed by atoms with van der Waals surface area (Å²) in [4.78, 5) is -0.173. The van der Waals surface area contributed by atoms with E-state index in [1.807, 2.05) is 6.92 Å². The molecule has 28 heavy (non-hydrogen) atoms. The van der Waals surface area contributed by atoms with Crippen LogP contribution in [0.5, 0.6) is 5.75 Å². The van der Waals surface area contributed by atoms with Crippen molar-refractivity contribution in [2.45, 2.75) is 58.8 Å². The molecular formula is C20H24F3NO3S. The first kappa shape index (κ1) is 22.2. The Bertz CT molecular complexity index is 952. The van der Waals surface area contributed by atoms with Crippen LogP contribution in [0.3, 0.4) is 0 Å². The van der Waals surface area contributed by atoms with Gasteiger partial charge in [0.2, 0.25) is 10.0 Å². The van der Waals surface area contributed by atoms with E-state index in [1.165, 1.54) is 0 Å². The third-order valence-electron chi connectivity index (χ3n) is 4.27. The monoisotopic (exact) mass is 415 g/mol. The van der Waals surface area contributed by atoms with E-state index in [9.17, 15) is 21.6 Å². The van der Waals surface area contributed by atoms with Crippen molar-refractivity contribution in [1.29, 1.82) is 0 Å². The molecule has 0 amide bonds. The molecule has 0 saturated heterocycles. The lowest BCUT2D eigenvalue weighted by Crippen LogP contribution is -2.49. The maximum Gasteiger partial charge on any atom is 0.440 e. The van der Waals surface area contributed by atoms with E-state index < -0.39 is 22.4 Å². The van der Waals surface area contributed by atoms with Gasteiger partial charge in [-0.05, 0) is 63.8 Å². The molecule has 0 heterocycles. The van der Waals surface area contributed by atoms with Gasteiger partial charge in [-0.3, -0.25) is 0 Å². The molecule has 2 aromatic carbocycles. The van der Waals surface area contributed by atoms with Crippen LogP contribution in [0.15, 0.2) is 29.2 Å². The maximum absolute atomic E-state index is 13.6. The number of sulfonamides is 1. The molecule has 1 N–H and O–H groups in total. The Kier molecular flexibility index (Phi) is 6.16. The lowest BCUT2D eigenvalue weighted by molar-refractivity contribution is -0.198. The fourth-order valence-corrected chi connectivity index (χ4v) is 4.97. The number of alkyl halides is 3. The summed E-state index contributed by atoms with van der Waals surface area (Å²) in [6, 6.07) is 6.58. The lowest BCUT2D eigenvalue weighted by atomic mass is 10.1. The van der Waals surface area contributed by atoms with Crippen molar-refractivity contribution in [3.8, 4) is 5.75 Å². The van der Waals surface area contributed by atoms with E-state index in [1.54, 1.807) is 63.6 Å². The first-order valence-corrected chi connectivity index (χ1v) is 10.1. The van der Waals surface area contributed by atoms with Gasteiger partial charge in [0.25, 0.3) is 6.23 Å². The van der Waals surface area contributed by atoms with Crippen molar-refractivity contribution in [2.75, 3.05) is 0 Å². The molecule has 0 aromatic heterocycles. The number of rotatable bonds is 5. The lowest BCUT2D eigenvalue weighted by Gasteiger charge is -2.25. The minimum absolute atomic E-state index is 0.00738. The average Bonchev–Trinajstić information content (AvgIpc) is 2.46. The van der Waals surface area contributed by atoms with Crippen LogP contribution in [0.1, 0.15) is 33.4 Å². The van der Waals surface area contributed by atoms with Crippen LogP contribution in [0.25, 0.3) is 0 Å². The van der Waals surface area contributed by atoms with Gasteiger partial charge in [0, 0.05) is 0 Å². The van der Waals surface area contributed by atoms with E-state index >= 15 is 0 Å². The molecule has 2 rings (SSSR count). The fourth-order valence-electron chi connectivity index (χ4n) is 3.42. The van der Waals surface area contributed by atoms with E-state index in [4.69, 9.17) is 4.74 Å². The summed E-state index contributed by atoms with van der Waals surface area (Å²) in [5.74, 6) is 0.00738. The van der Waals surface area contributed by atoms with Gasteiger partial charge in [-0.1, -0.05) is 35.4 Å². The Balaban J connectivity index is 2.47. The predicted octanol–water partition coefficient (Wildman–Crippen LogP) is 4.78. The highest BCUT2D eigenvalue weighted by molar-refractivity contribution is 7.89. The molecule has 0 bridgehead atoms. The summed E-state index contributed by atoms with van der Waals surface area (Å²) in [5, 5.41) is 0. The van der Waals surface area contributed by atoms with Gasteiger partial charge in [-0.15, -0.1) is 0 Å². The quantitative estimate of drug-likeness (QED) is 0.715. The van der Waals surface area contributed by atoms with Crippen molar-refractivity contribution in [3.63, 3.8) is 0 Å². The molecule has 0 saturated carbocycles. The molecule has 154 valence electrons. The van der Waals surface area contributed by atoms with E-state index in [0.29, 0.717) is 22.3 Å². The van der Waals surface area contributed by atoms with Gasteiger partial charge in [-0.25, -0.2) is 8.42 Å². The summed E-state index contributed by atoms with van der Waals surface area (Å²) in [5.41, 5.74) is 3.42. The highest BCUT2D eigenvalue weighted by atomic mass is 32.2. The SMILES string of the molecule is Cc1cc(C)c(OC(NS(=O)(=O)c2c(C)cc(C)cc2C)C(F)(F)F)c(C)c1. The Morgan fingerprint density at radius 2 is 1.21 bits per heavy atom. The molecule has 0 aliphatic heterocycles. The number of hydrogen-bond donors (Lipinski definition) is 1. The van der Waals surface area contributed by atoms with Crippen molar-refractivity contribution >= 4 is 10.0 Å². The third-order valence-corrected chi connectivity index (χ3v) is 5.98. The summed E-state index contributed by atoms with van der Waals surface area (Å²) in [7, 11) is -4.47. The minimum Gasteiger partial charge on any atom is -0.464 e. The fraction of sp³-hybridized carbons (Fsp3) is 0.400. The zero-order valence-electron chi connectivity index (χ0n) is 16.7. The zero-order valence-corrected chi connectivity index (χ0v) is 17.5. The molecule has 1 unspecified atom stereocenters. The number of aryl methyl sites for hydroxylation is 6. The largest absolute Gasteiger partial charge is 0.464 e. The van der Waals surface area contributed by atoms with Gasteiger partial charge in [-0.2, -0.15) is 17.9 Å². The van der Waals surface area contributed by atoms with Crippen molar-refractivity contribution in [2.24, 2.45) is 0 Å². The molecular weight excluding hydrogens is 391 g/mol. The second kappa shape index (κ2) is 7.75. The summed E-state index contributed by atoms with van der Waals surface area (Å²) < 4.78 is 73.2. The van der Waals surface area contributed by atoms with Crippen LogP contribution in [-0.4, -0.2) is 20.8 Å². The summed E-state index contributed by atoms with van der Waals surface area (Å²) in [6.45, 7) is 9.93. The molecule has 4 nitrogen and oxygen atoms in total. The average molecular weight is 415 g/mol. The van der Waals surface area contributed by atoms with Crippen LogP contribution in [0.4, 0.5) is 13.2 Å². The smallest absolute Gasteiger partial charge is 0.440 e. The number of halogens is 3. The van der Waals surface area contributed by atoms with Gasteiger partial charge < -0.3 is 4.74 Å². The Morgan fingerprint density at radius 3 is 1.61 bits per heavy atom. The van der Waals surface area contributed by atoms with Crippen LogP contribution in [0.2, 0.25) is 0 Å². The Hall–Kier alpha value is -2.06. The maximum atomic E-state index is 13.6. The van der Waals surface area contributed by atoms with Crippen LogP contribution in [-0.2, 0) is 10.0 Å². The molecule has 0 fully saturated rings. The first-order valence-electron chi connectivity index (χ1n) is 8.64. The van der Waals surface area contributed by atoms with Gasteiger partial charge in [0.1, 0.15) is 5.75 Å². The van der Waals surface area contributed by atoms with Crippen molar-refractivity contribution < 1.29 is 26.3 Å². The minimum atomic E-state index is -4.94. The van der Waals surface area contributed by atoms with E-state index in [2.05, 4.69) is 0 Å². The third kappa shape index (κ3) is 4.86. The predicted molar refractivity (Wildman–Crippen MR) is 102 cm³/mol. The van der Waals surface area contributed by atoms with Crippen molar-refractivity contribution in [1.82, 2.24) is 4.72 Å². The molecule has 0 spiro atoms. The number of nitrogens with one attached hydrogen (secondary N) is 1.